The first-order valence-electron chi connectivity index (χ1n) is 5.45. The van der Waals surface area contributed by atoms with Crippen LogP contribution in [0.1, 0.15) is 44.5 Å². The Morgan fingerprint density at radius 1 is 1.12 bits per heavy atom. The summed E-state index contributed by atoms with van der Waals surface area (Å²) in [4.78, 5) is 21.8. The number of Topliss-reactive ketones (excluding diaryl/α,β-unsaturated/α-hetero) is 1. The Kier molecular flexibility index (Phi) is 6.84. The standard InChI is InChI=1S/C11H12O3.C2H6/c1-3-11(13)9-4-6-10(7-5-9)14-8(2)12;1-2/h4-7H,3H2,1-2H3;1-2H3. The lowest BCUT2D eigenvalue weighted by Gasteiger charge is -2.01. The molecule has 3 heteroatoms. The van der Waals surface area contributed by atoms with Gasteiger partial charge in [0.25, 0.3) is 0 Å². The molecule has 0 aliphatic heterocycles. The molecule has 16 heavy (non-hydrogen) atoms. The Balaban J connectivity index is 0.00000106. The smallest absolute Gasteiger partial charge is 0.308 e. The highest BCUT2D eigenvalue weighted by atomic mass is 16.5. The van der Waals surface area contributed by atoms with Crippen molar-refractivity contribution in [2.75, 3.05) is 0 Å². The van der Waals surface area contributed by atoms with Crippen molar-refractivity contribution in [3.05, 3.63) is 29.8 Å². The van der Waals surface area contributed by atoms with Crippen LogP contribution in [0.15, 0.2) is 24.3 Å². The Labute approximate surface area is 96.4 Å². The average Bonchev–Trinajstić information content (AvgIpc) is 2.31. The molecule has 1 rings (SSSR count). The van der Waals surface area contributed by atoms with Gasteiger partial charge in [-0.3, -0.25) is 9.59 Å². The zero-order valence-corrected chi connectivity index (χ0v) is 10.2. The highest BCUT2D eigenvalue weighted by molar-refractivity contribution is 5.95. The van der Waals surface area contributed by atoms with Crippen molar-refractivity contribution in [3.63, 3.8) is 0 Å². The fraction of sp³-hybridized carbons (Fsp3) is 0.385. The van der Waals surface area contributed by atoms with E-state index in [0.29, 0.717) is 17.7 Å². The lowest BCUT2D eigenvalue weighted by Crippen LogP contribution is -2.02. The third-order valence-corrected chi connectivity index (χ3v) is 1.76. The molecule has 0 aliphatic carbocycles. The van der Waals surface area contributed by atoms with E-state index in [2.05, 4.69) is 0 Å². The molecular formula is C13H18O3. The van der Waals surface area contributed by atoms with Crippen molar-refractivity contribution in [3.8, 4) is 5.75 Å². The van der Waals surface area contributed by atoms with E-state index >= 15 is 0 Å². The number of rotatable bonds is 3. The summed E-state index contributed by atoms with van der Waals surface area (Å²) in [6.45, 7) is 7.15. The van der Waals surface area contributed by atoms with Crippen LogP contribution < -0.4 is 4.74 Å². The molecule has 0 unspecified atom stereocenters. The van der Waals surface area contributed by atoms with Gasteiger partial charge in [-0.1, -0.05) is 20.8 Å². The van der Waals surface area contributed by atoms with Crippen LogP contribution in [-0.2, 0) is 4.79 Å². The molecule has 1 aromatic carbocycles. The van der Waals surface area contributed by atoms with Crippen LogP contribution in [0, 0.1) is 0 Å². The van der Waals surface area contributed by atoms with E-state index in [1.807, 2.05) is 20.8 Å². The average molecular weight is 222 g/mol. The van der Waals surface area contributed by atoms with Crippen LogP contribution in [0.25, 0.3) is 0 Å². The van der Waals surface area contributed by atoms with Gasteiger partial charge in [0.1, 0.15) is 5.75 Å². The number of benzene rings is 1. The number of carbonyl (C=O) groups is 2. The first kappa shape index (κ1) is 14.4. The Morgan fingerprint density at radius 3 is 2.00 bits per heavy atom. The summed E-state index contributed by atoms with van der Waals surface area (Å²) in [5.74, 6) is 0.184. The van der Waals surface area contributed by atoms with Gasteiger partial charge in [0, 0.05) is 18.9 Å². The van der Waals surface area contributed by atoms with Gasteiger partial charge < -0.3 is 4.74 Å². The number of ether oxygens (including phenoxy) is 1. The van der Waals surface area contributed by atoms with Crippen LogP contribution in [0.2, 0.25) is 0 Å². The lowest BCUT2D eigenvalue weighted by molar-refractivity contribution is -0.131. The van der Waals surface area contributed by atoms with Gasteiger partial charge in [-0.25, -0.2) is 0 Å². The molecule has 0 N–H and O–H groups in total. The maximum absolute atomic E-state index is 11.2. The molecule has 0 spiro atoms. The van der Waals surface area contributed by atoms with E-state index in [0.717, 1.165) is 0 Å². The first-order valence-corrected chi connectivity index (χ1v) is 5.45. The second-order valence-corrected chi connectivity index (χ2v) is 2.89. The quantitative estimate of drug-likeness (QED) is 0.448. The monoisotopic (exact) mass is 222 g/mol. The van der Waals surface area contributed by atoms with Gasteiger partial charge in [0.15, 0.2) is 5.78 Å². The second-order valence-electron chi connectivity index (χ2n) is 2.89. The third kappa shape index (κ3) is 4.73. The summed E-state index contributed by atoms with van der Waals surface area (Å²) in [5, 5.41) is 0. The molecule has 0 saturated carbocycles. The maximum Gasteiger partial charge on any atom is 0.308 e. The number of hydrogen-bond donors (Lipinski definition) is 0. The summed E-state index contributed by atoms with van der Waals surface area (Å²) >= 11 is 0. The molecule has 0 fully saturated rings. The van der Waals surface area contributed by atoms with Crippen LogP contribution in [-0.4, -0.2) is 11.8 Å². The van der Waals surface area contributed by atoms with Crippen molar-refractivity contribution in [2.24, 2.45) is 0 Å². The summed E-state index contributed by atoms with van der Waals surface area (Å²) in [6, 6.07) is 6.54. The molecule has 3 nitrogen and oxygen atoms in total. The van der Waals surface area contributed by atoms with Crippen molar-refractivity contribution >= 4 is 11.8 Å². The zero-order chi connectivity index (χ0) is 12.6. The number of ketones is 1. The minimum atomic E-state index is -0.362. The first-order chi connectivity index (χ1) is 7.63. The number of esters is 1. The molecule has 0 aromatic heterocycles. The summed E-state index contributed by atoms with van der Waals surface area (Å²) < 4.78 is 4.83. The summed E-state index contributed by atoms with van der Waals surface area (Å²) in [6.07, 6.45) is 0.479. The van der Waals surface area contributed by atoms with Gasteiger partial charge in [-0.2, -0.15) is 0 Å². The molecule has 0 atom stereocenters. The molecule has 0 heterocycles. The summed E-state index contributed by atoms with van der Waals surface area (Å²) in [7, 11) is 0. The molecule has 0 aliphatic rings. The minimum Gasteiger partial charge on any atom is -0.427 e. The van der Waals surface area contributed by atoms with Crippen LogP contribution >= 0.6 is 0 Å². The highest BCUT2D eigenvalue weighted by Crippen LogP contribution is 2.13. The van der Waals surface area contributed by atoms with E-state index in [1.54, 1.807) is 24.3 Å². The van der Waals surface area contributed by atoms with E-state index in [1.165, 1.54) is 6.92 Å². The SMILES string of the molecule is CC.CCC(=O)c1ccc(OC(C)=O)cc1. The van der Waals surface area contributed by atoms with Crippen LogP contribution in [0.3, 0.4) is 0 Å². The lowest BCUT2D eigenvalue weighted by atomic mass is 10.1. The normalized spacial score (nSPS) is 8.75. The van der Waals surface area contributed by atoms with E-state index in [-0.39, 0.29) is 11.8 Å². The van der Waals surface area contributed by atoms with Crippen molar-refractivity contribution in [2.45, 2.75) is 34.1 Å². The fourth-order valence-corrected chi connectivity index (χ4v) is 1.08. The summed E-state index contributed by atoms with van der Waals surface area (Å²) in [5.41, 5.74) is 0.642. The van der Waals surface area contributed by atoms with Crippen molar-refractivity contribution in [1.29, 1.82) is 0 Å². The highest BCUT2D eigenvalue weighted by Gasteiger charge is 2.03. The molecular weight excluding hydrogens is 204 g/mol. The molecule has 88 valence electrons. The van der Waals surface area contributed by atoms with Gasteiger partial charge in [-0.05, 0) is 24.3 Å². The maximum atomic E-state index is 11.2. The Hall–Kier alpha value is -1.64. The molecule has 0 bridgehead atoms. The van der Waals surface area contributed by atoms with Gasteiger partial charge in [0.05, 0.1) is 0 Å². The van der Waals surface area contributed by atoms with E-state index < -0.39 is 0 Å². The Bertz CT molecular complexity index is 339. The molecule has 0 radical (unpaired) electrons. The largest absolute Gasteiger partial charge is 0.427 e. The Morgan fingerprint density at radius 2 is 1.62 bits per heavy atom. The third-order valence-electron chi connectivity index (χ3n) is 1.76. The number of hydrogen-bond acceptors (Lipinski definition) is 3. The zero-order valence-electron chi connectivity index (χ0n) is 10.2. The molecule has 1 aromatic rings. The predicted octanol–water partition coefficient (Wildman–Crippen LogP) is 3.23. The topological polar surface area (TPSA) is 43.4 Å². The fourth-order valence-electron chi connectivity index (χ4n) is 1.08. The van der Waals surface area contributed by atoms with E-state index in [4.69, 9.17) is 4.74 Å². The van der Waals surface area contributed by atoms with Gasteiger partial charge in [0.2, 0.25) is 0 Å². The van der Waals surface area contributed by atoms with Crippen molar-refractivity contribution in [1.82, 2.24) is 0 Å². The number of carbonyl (C=O) groups excluding carboxylic acids is 2. The second kappa shape index (κ2) is 7.63. The molecule has 0 amide bonds. The van der Waals surface area contributed by atoms with Crippen LogP contribution in [0.5, 0.6) is 5.75 Å². The predicted molar refractivity (Wildman–Crippen MR) is 63.7 cm³/mol. The minimum absolute atomic E-state index is 0.0828. The molecule has 0 saturated heterocycles. The van der Waals surface area contributed by atoms with Crippen LogP contribution in [0.4, 0.5) is 0 Å². The van der Waals surface area contributed by atoms with Crippen molar-refractivity contribution < 1.29 is 14.3 Å². The van der Waals surface area contributed by atoms with Gasteiger partial charge >= 0.3 is 5.97 Å². The van der Waals surface area contributed by atoms with E-state index in [9.17, 15) is 9.59 Å². The van der Waals surface area contributed by atoms with Gasteiger partial charge in [-0.15, -0.1) is 0 Å².